The molecule has 3 heterocycles. The fraction of sp³-hybridized carbons (Fsp3) is 0.440. The molecule has 9 heteroatoms. The first-order valence-corrected chi connectivity index (χ1v) is 12.8. The van der Waals surface area contributed by atoms with Gasteiger partial charge in [0, 0.05) is 30.4 Å². The summed E-state index contributed by atoms with van der Waals surface area (Å²) in [6, 6.07) is 10.1. The zero-order valence-electron chi connectivity index (χ0n) is 19.4. The summed E-state index contributed by atoms with van der Waals surface area (Å²) in [5.74, 6) is 2.79. The molecular formula is C25H29N5O3S. The number of hydrogen-bond acceptors (Lipinski definition) is 7. The second-order valence-electron chi connectivity index (χ2n) is 8.98. The van der Waals surface area contributed by atoms with Crippen molar-refractivity contribution in [3.63, 3.8) is 0 Å². The van der Waals surface area contributed by atoms with Crippen molar-refractivity contribution in [2.45, 2.75) is 50.4 Å². The third kappa shape index (κ3) is 5.04. The second kappa shape index (κ2) is 10.0. The number of nitrogens with zero attached hydrogens (tertiary/aromatic N) is 4. The fourth-order valence-corrected chi connectivity index (χ4v) is 4.91. The summed E-state index contributed by atoms with van der Waals surface area (Å²) < 4.78 is 13.8. The van der Waals surface area contributed by atoms with Crippen LogP contribution in [-0.4, -0.2) is 44.6 Å². The molecule has 1 aliphatic heterocycles. The Labute approximate surface area is 203 Å². The van der Waals surface area contributed by atoms with Gasteiger partial charge in [-0.05, 0) is 48.6 Å². The van der Waals surface area contributed by atoms with E-state index in [4.69, 9.17) is 9.47 Å². The molecule has 1 aromatic carbocycles. The number of aromatic nitrogens is 4. The number of rotatable bonds is 8. The van der Waals surface area contributed by atoms with E-state index >= 15 is 0 Å². The zero-order valence-corrected chi connectivity index (χ0v) is 20.3. The van der Waals surface area contributed by atoms with E-state index in [0.717, 1.165) is 52.9 Å². The van der Waals surface area contributed by atoms with Crippen LogP contribution in [0.3, 0.4) is 0 Å². The van der Waals surface area contributed by atoms with Crippen molar-refractivity contribution in [3.8, 4) is 22.9 Å². The lowest BCUT2D eigenvalue weighted by atomic mass is 9.95. The molecule has 3 aromatic rings. The van der Waals surface area contributed by atoms with Gasteiger partial charge >= 0.3 is 0 Å². The van der Waals surface area contributed by atoms with Gasteiger partial charge in [0.1, 0.15) is 0 Å². The molecule has 1 aliphatic carbocycles. The monoisotopic (exact) mass is 479 g/mol. The largest absolute Gasteiger partial charge is 0.490 e. The van der Waals surface area contributed by atoms with Gasteiger partial charge in [-0.15, -0.1) is 10.2 Å². The lowest BCUT2D eigenvalue weighted by Gasteiger charge is -2.24. The van der Waals surface area contributed by atoms with Crippen molar-refractivity contribution < 1.29 is 14.3 Å². The van der Waals surface area contributed by atoms with Crippen molar-refractivity contribution in [3.05, 3.63) is 48.3 Å². The summed E-state index contributed by atoms with van der Waals surface area (Å²) >= 11 is 1.43. The molecule has 0 bridgehead atoms. The van der Waals surface area contributed by atoms with Gasteiger partial charge in [-0.25, -0.2) is 0 Å². The van der Waals surface area contributed by atoms with Crippen LogP contribution < -0.4 is 14.8 Å². The average molecular weight is 480 g/mol. The SMILES string of the molecule is CC(C)[C@@H](NC(=O)CSc1nnc(-c2ccncc2)n1C1CC1)c1ccc2c(c1)OCCCO2. The van der Waals surface area contributed by atoms with Gasteiger partial charge in [-0.3, -0.25) is 14.3 Å². The summed E-state index contributed by atoms with van der Waals surface area (Å²) in [4.78, 5) is 17.1. The molecule has 8 nitrogen and oxygen atoms in total. The minimum Gasteiger partial charge on any atom is -0.490 e. The first kappa shape index (κ1) is 22.7. The zero-order chi connectivity index (χ0) is 23.5. The van der Waals surface area contributed by atoms with Gasteiger partial charge in [0.25, 0.3) is 0 Å². The molecule has 1 fully saturated rings. The Kier molecular flexibility index (Phi) is 6.71. The summed E-state index contributed by atoms with van der Waals surface area (Å²) in [7, 11) is 0. The molecule has 1 N–H and O–H groups in total. The Morgan fingerprint density at radius 1 is 1.12 bits per heavy atom. The van der Waals surface area contributed by atoms with Crippen molar-refractivity contribution in [2.75, 3.05) is 19.0 Å². The minimum atomic E-state index is -0.126. The Bertz CT molecular complexity index is 1150. The molecule has 0 radical (unpaired) electrons. The van der Waals surface area contributed by atoms with E-state index in [1.165, 1.54) is 11.8 Å². The van der Waals surface area contributed by atoms with Crippen LogP contribution in [0.1, 0.15) is 50.8 Å². The van der Waals surface area contributed by atoms with Crippen LogP contribution in [-0.2, 0) is 4.79 Å². The van der Waals surface area contributed by atoms with Crippen LogP contribution in [0, 0.1) is 5.92 Å². The predicted octanol–water partition coefficient (Wildman–Crippen LogP) is 4.44. The van der Waals surface area contributed by atoms with E-state index in [9.17, 15) is 4.79 Å². The highest BCUT2D eigenvalue weighted by Crippen LogP contribution is 2.41. The number of carbonyl (C=O) groups is 1. The smallest absolute Gasteiger partial charge is 0.230 e. The van der Waals surface area contributed by atoms with E-state index in [0.29, 0.717) is 19.3 Å². The maximum atomic E-state index is 13.0. The van der Waals surface area contributed by atoms with Gasteiger partial charge in [-0.1, -0.05) is 31.7 Å². The van der Waals surface area contributed by atoms with Crippen LogP contribution in [0.5, 0.6) is 11.5 Å². The maximum absolute atomic E-state index is 13.0. The molecule has 1 atom stereocenters. The fourth-order valence-electron chi connectivity index (χ4n) is 4.09. The van der Waals surface area contributed by atoms with Crippen molar-refractivity contribution in [1.29, 1.82) is 0 Å². The van der Waals surface area contributed by atoms with E-state index in [-0.39, 0.29) is 23.6 Å². The molecule has 5 rings (SSSR count). The van der Waals surface area contributed by atoms with Crippen LogP contribution in [0.4, 0.5) is 0 Å². The number of benzene rings is 1. The molecular weight excluding hydrogens is 450 g/mol. The number of pyridine rings is 1. The number of hydrogen-bond donors (Lipinski definition) is 1. The standard InChI is InChI=1S/C25H29N5O3S/c1-16(2)23(18-4-7-20-21(14-18)33-13-3-12-32-20)27-22(31)15-34-25-29-28-24(30(25)19-5-6-19)17-8-10-26-11-9-17/h4,7-11,14,16,19,23H,3,5-6,12-13,15H2,1-2H3,(H,27,31)/t23-/m1/s1. The van der Waals surface area contributed by atoms with Gasteiger partial charge in [-0.2, -0.15) is 0 Å². The lowest BCUT2D eigenvalue weighted by Crippen LogP contribution is -2.33. The van der Waals surface area contributed by atoms with Gasteiger partial charge in [0.05, 0.1) is 25.0 Å². The number of carbonyl (C=O) groups excluding carboxylic acids is 1. The average Bonchev–Trinajstić information content (AvgIpc) is 3.64. The Morgan fingerprint density at radius 2 is 1.88 bits per heavy atom. The number of ether oxygens (including phenoxy) is 2. The highest BCUT2D eigenvalue weighted by atomic mass is 32.2. The summed E-state index contributed by atoms with van der Waals surface area (Å²) in [5, 5.41) is 12.8. The Morgan fingerprint density at radius 3 is 2.62 bits per heavy atom. The molecule has 2 aliphatic rings. The normalized spacial score (nSPS) is 16.2. The Balaban J connectivity index is 1.28. The number of nitrogens with one attached hydrogen (secondary N) is 1. The van der Waals surface area contributed by atoms with Crippen LogP contribution in [0.15, 0.2) is 47.9 Å². The van der Waals surface area contributed by atoms with Gasteiger partial charge in [0.2, 0.25) is 5.91 Å². The number of fused-ring (bicyclic) bond motifs is 1. The number of amides is 1. The topological polar surface area (TPSA) is 91.2 Å². The lowest BCUT2D eigenvalue weighted by molar-refractivity contribution is -0.119. The van der Waals surface area contributed by atoms with Crippen LogP contribution in [0.2, 0.25) is 0 Å². The van der Waals surface area contributed by atoms with Gasteiger partial charge < -0.3 is 14.8 Å². The third-order valence-corrected chi connectivity index (χ3v) is 6.90. The molecule has 2 aromatic heterocycles. The van der Waals surface area contributed by atoms with Crippen molar-refractivity contribution in [1.82, 2.24) is 25.1 Å². The summed E-state index contributed by atoms with van der Waals surface area (Å²) in [6.45, 7) is 5.49. The highest BCUT2D eigenvalue weighted by molar-refractivity contribution is 7.99. The van der Waals surface area contributed by atoms with Crippen LogP contribution >= 0.6 is 11.8 Å². The summed E-state index contributed by atoms with van der Waals surface area (Å²) in [6.07, 6.45) is 6.59. The first-order chi connectivity index (χ1) is 16.6. The molecule has 0 saturated heterocycles. The summed E-state index contributed by atoms with van der Waals surface area (Å²) in [5.41, 5.74) is 2.00. The molecule has 178 valence electrons. The second-order valence-corrected chi connectivity index (χ2v) is 9.92. The van der Waals surface area contributed by atoms with Crippen LogP contribution in [0.25, 0.3) is 11.4 Å². The van der Waals surface area contributed by atoms with Crippen molar-refractivity contribution >= 4 is 17.7 Å². The molecule has 0 unspecified atom stereocenters. The van der Waals surface area contributed by atoms with E-state index in [1.807, 2.05) is 30.3 Å². The molecule has 1 saturated carbocycles. The van der Waals surface area contributed by atoms with E-state index < -0.39 is 0 Å². The molecule has 34 heavy (non-hydrogen) atoms. The van der Waals surface area contributed by atoms with Gasteiger partial charge in [0.15, 0.2) is 22.5 Å². The maximum Gasteiger partial charge on any atom is 0.230 e. The third-order valence-electron chi connectivity index (χ3n) is 5.96. The molecule has 1 amide bonds. The van der Waals surface area contributed by atoms with Crippen molar-refractivity contribution in [2.24, 2.45) is 5.92 Å². The number of thioether (sulfide) groups is 1. The highest BCUT2D eigenvalue weighted by Gasteiger charge is 2.30. The first-order valence-electron chi connectivity index (χ1n) is 11.8. The molecule has 0 spiro atoms. The predicted molar refractivity (Wildman–Crippen MR) is 130 cm³/mol. The minimum absolute atomic E-state index is 0.0355. The Hall–Kier alpha value is -3.07. The quantitative estimate of drug-likeness (QED) is 0.478. The van der Waals surface area contributed by atoms with E-state index in [1.54, 1.807) is 12.4 Å². The van der Waals surface area contributed by atoms with E-state index in [2.05, 4.69) is 38.9 Å².